The van der Waals surface area contributed by atoms with E-state index in [9.17, 15) is 9.90 Å². The van der Waals surface area contributed by atoms with Gasteiger partial charge in [0.25, 0.3) is 0 Å². The molecule has 0 aliphatic heterocycles. The van der Waals surface area contributed by atoms with Crippen LogP contribution < -0.4 is 0 Å². The van der Waals surface area contributed by atoms with E-state index in [1.54, 1.807) is 12.1 Å². The lowest BCUT2D eigenvalue weighted by Gasteiger charge is -2.02. The van der Waals surface area contributed by atoms with Gasteiger partial charge in [-0.15, -0.1) is 0 Å². The highest BCUT2D eigenvalue weighted by molar-refractivity contribution is 5.75. The summed E-state index contributed by atoms with van der Waals surface area (Å²) >= 11 is 0. The number of aldehydes is 1. The summed E-state index contributed by atoms with van der Waals surface area (Å²) in [5.74, 6) is 0.155. The van der Waals surface area contributed by atoms with Gasteiger partial charge in [-0.2, -0.15) is 0 Å². The molecule has 0 spiro atoms. The summed E-state index contributed by atoms with van der Waals surface area (Å²) in [6.45, 7) is 0.313. The lowest BCUT2D eigenvalue weighted by Crippen LogP contribution is -1.90. The topological polar surface area (TPSA) is 46.5 Å². The molecule has 0 heterocycles. The normalized spacial score (nSPS) is 9.75. The first-order chi connectivity index (χ1) is 5.77. The van der Waals surface area contributed by atoms with Gasteiger partial charge in [-0.05, 0) is 18.2 Å². The molecule has 0 bridgehead atoms. The Kier molecular flexibility index (Phi) is 2.82. The zero-order valence-corrected chi connectivity index (χ0v) is 6.78. The number of methoxy groups -OCH3 is 1. The van der Waals surface area contributed by atoms with Gasteiger partial charge in [0.1, 0.15) is 12.0 Å². The van der Waals surface area contributed by atoms with E-state index in [4.69, 9.17) is 4.74 Å². The Labute approximate surface area is 70.6 Å². The number of phenols is 1. The van der Waals surface area contributed by atoms with E-state index < -0.39 is 0 Å². The van der Waals surface area contributed by atoms with Gasteiger partial charge in [-0.3, -0.25) is 4.79 Å². The number of carbonyl (C=O) groups excluding carboxylic acids is 1. The van der Waals surface area contributed by atoms with E-state index in [1.165, 1.54) is 13.2 Å². The average Bonchev–Trinajstić information content (AvgIpc) is 2.09. The highest BCUT2D eigenvalue weighted by Gasteiger charge is 2.00. The number of hydrogen-bond acceptors (Lipinski definition) is 3. The molecule has 0 saturated carbocycles. The van der Waals surface area contributed by atoms with Crippen molar-refractivity contribution >= 4 is 6.29 Å². The van der Waals surface area contributed by atoms with Gasteiger partial charge in [0.2, 0.25) is 0 Å². The smallest absolute Gasteiger partial charge is 0.150 e. The monoisotopic (exact) mass is 166 g/mol. The zero-order valence-electron chi connectivity index (χ0n) is 6.78. The first kappa shape index (κ1) is 8.74. The summed E-state index contributed by atoms with van der Waals surface area (Å²) in [7, 11) is 1.53. The molecule has 0 aromatic heterocycles. The Balaban J connectivity index is 2.99. The Bertz CT molecular complexity index is 281. The molecule has 1 aromatic rings. The molecule has 0 aliphatic rings. The predicted molar refractivity (Wildman–Crippen MR) is 44.2 cm³/mol. The lowest BCUT2D eigenvalue weighted by atomic mass is 10.1. The molecule has 0 saturated heterocycles. The average molecular weight is 166 g/mol. The fourth-order valence-corrected chi connectivity index (χ4v) is 0.950. The number of carbonyl (C=O) groups is 1. The molecular weight excluding hydrogens is 156 g/mol. The van der Waals surface area contributed by atoms with E-state index in [0.717, 1.165) is 6.29 Å². The van der Waals surface area contributed by atoms with Crippen molar-refractivity contribution in [3.63, 3.8) is 0 Å². The molecule has 0 unspecified atom stereocenters. The van der Waals surface area contributed by atoms with Crippen molar-refractivity contribution in [2.24, 2.45) is 0 Å². The quantitative estimate of drug-likeness (QED) is 0.689. The minimum atomic E-state index is 0.155. The predicted octanol–water partition coefficient (Wildman–Crippen LogP) is 1.35. The van der Waals surface area contributed by atoms with Crippen molar-refractivity contribution in [2.75, 3.05) is 7.11 Å². The zero-order chi connectivity index (χ0) is 8.97. The van der Waals surface area contributed by atoms with Gasteiger partial charge in [-0.25, -0.2) is 0 Å². The Hall–Kier alpha value is -1.35. The van der Waals surface area contributed by atoms with Crippen LogP contribution in [0.25, 0.3) is 0 Å². The number of hydrogen-bond donors (Lipinski definition) is 1. The first-order valence-corrected chi connectivity index (χ1v) is 3.54. The van der Waals surface area contributed by atoms with Crippen LogP contribution in [0.15, 0.2) is 18.2 Å². The Morgan fingerprint density at radius 2 is 2.33 bits per heavy atom. The number of benzene rings is 1. The van der Waals surface area contributed by atoms with Gasteiger partial charge in [0.05, 0.1) is 6.61 Å². The fraction of sp³-hybridized carbons (Fsp3) is 0.222. The van der Waals surface area contributed by atoms with Crippen LogP contribution in [-0.2, 0) is 11.3 Å². The second kappa shape index (κ2) is 3.88. The second-order valence-corrected chi connectivity index (χ2v) is 2.44. The maximum atomic E-state index is 10.4. The number of phenolic OH excluding ortho intramolecular Hbond substituents is 1. The van der Waals surface area contributed by atoms with Crippen molar-refractivity contribution in [1.82, 2.24) is 0 Å². The molecule has 3 nitrogen and oxygen atoms in total. The van der Waals surface area contributed by atoms with Crippen LogP contribution in [-0.4, -0.2) is 18.5 Å². The molecule has 1 aromatic carbocycles. The van der Waals surface area contributed by atoms with Crippen molar-refractivity contribution in [2.45, 2.75) is 6.61 Å². The van der Waals surface area contributed by atoms with Gasteiger partial charge >= 0.3 is 0 Å². The molecule has 0 radical (unpaired) electrons. The first-order valence-electron chi connectivity index (χ1n) is 3.54. The van der Waals surface area contributed by atoms with E-state index >= 15 is 0 Å². The van der Waals surface area contributed by atoms with E-state index in [0.29, 0.717) is 17.7 Å². The Morgan fingerprint density at radius 1 is 1.58 bits per heavy atom. The third-order valence-corrected chi connectivity index (χ3v) is 1.54. The second-order valence-electron chi connectivity index (χ2n) is 2.44. The molecule has 12 heavy (non-hydrogen) atoms. The minimum Gasteiger partial charge on any atom is -0.508 e. The summed E-state index contributed by atoms with van der Waals surface area (Å²) < 4.78 is 4.83. The lowest BCUT2D eigenvalue weighted by molar-refractivity contribution is 0.112. The summed E-state index contributed by atoms with van der Waals surface area (Å²) in [4.78, 5) is 10.4. The maximum absolute atomic E-state index is 10.4. The molecule has 0 fully saturated rings. The standard InChI is InChI=1S/C9H10O3/c1-12-6-8-4-7(5-10)2-3-9(8)11/h2-5,11H,6H2,1H3. The highest BCUT2D eigenvalue weighted by atomic mass is 16.5. The van der Waals surface area contributed by atoms with Gasteiger partial charge < -0.3 is 9.84 Å². The van der Waals surface area contributed by atoms with E-state index in [-0.39, 0.29) is 5.75 Å². The van der Waals surface area contributed by atoms with E-state index in [1.807, 2.05) is 0 Å². The summed E-state index contributed by atoms with van der Waals surface area (Å²) in [5, 5.41) is 9.27. The third-order valence-electron chi connectivity index (χ3n) is 1.54. The third kappa shape index (κ3) is 1.83. The fourth-order valence-electron chi connectivity index (χ4n) is 0.950. The van der Waals surface area contributed by atoms with Gasteiger partial charge in [0, 0.05) is 18.2 Å². The number of aromatic hydroxyl groups is 1. The van der Waals surface area contributed by atoms with Gasteiger partial charge in [-0.1, -0.05) is 0 Å². The summed E-state index contributed by atoms with van der Waals surface area (Å²) in [5.41, 5.74) is 1.17. The molecule has 3 heteroatoms. The highest BCUT2D eigenvalue weighted by Crippen LogP contribution is 2.18. The van der Waals surface area contributed by atoms with Crippen molar-refractivity contribution in [3.8, 4) is 5.75 Å². The molecule has 0 aliphatic carbocycles. The van der Waals surface area contributed by atoms with Crippen molar-refractivity contribution < 1.29 is 14.6 Å². The van der Waals surface area contributed by atoms with Crippen LogP contribution in [0.3, 0.4) is 0 Å². The summed E-state index contributed by atoms with van der Waals surface area (Å²) in [6, 6.07) is 4.64. The maximum Gasteiger partial charge on any atom is 0.150 e. The molecule has 0 amide bonds. The summed E-state index contributed by atoms with van der Waals surface area (Å²) in [6.07, 6.45) is 0.735. The minimum absolute atomic E-state index is 0.155. The van der Waals surface area contributed by atoms with Gasteiger partial charge in [0.15, 0.2) is 0 Å². The van der Waals surface area contributed by atoms with Crippen molar-refractivity contribution in [3.05, 3.63) is 29.3 Å². The molecule has 64 valence electrons. The van der Waals surface area contributed by atoms with Crippen LogP contribution in [0.5, 0.6) is 5.75 Å². The van der Waals surface area contributed by atoms with E-state index in [2.05, 4.69) is 0 Å². The molecule has 1 rings (SSSR count). The van der Waals surface area contributed by atoms with Crippen LogP contribution in [0.2, 0.25) is 0 Å². The van der Waals surface area contributed by atoms with Crippen molar-refractivity contribution in [1.29, 1.82) is 0 Å². The van der Waals surface area contributed by atoms with Crippen LogP contribution in [0.4, 0.5) is 0 Å². The SMILES string of the molecule is COCc1cc(C=O)ccc1O. The number of rotatable bonds is 3. The van der Waals surface area contributed by atoms with Crippen LogP contribution in [0, 0.1) is 0 Å². The largest absolute Gasteiger partial charge is 0.508 e. The molecule has 1 N–H and O–H groups in total. The molecule has 0 atom stereocenters. The van der Waals surface area contributed by atoms with Crippen LogP contribution in [0.1, 0.15) is 15.9 Å². The Morgan fingerprint density at radius 3 is 2.92 bits per heavy atom. The van der Waals surface area contributed by atoms with Crippen LogP contribution >= 0.6 is 0 Å². The number of ether oxygens (including phenoxy) is 1. The molecular formula is C9H10O3.